The molecule has 1 N–H and O–H groups in total. The van der Waals surface area contributed by atoms with Gasteiger partial charge in [0.1, 0.15) is 5.69 Å². The first kappa shape index (κ1) is 17.2. The molecular formula is C20H19N5OS. The zero-order valence-corrected chi connectivity index (χ0v) is 15.7. The lowest BCUT2D eigenvalue weighted by molar-refractivity contribution is 0.0952. The predicted molar refractivity (Wildman–Crippen MR) is 106 cm³/mol. The van der Waals surface area contributed by atoms with Crippen LogP contribution in [0.5, 0.6) is 0 Å². The van der Waals surface area contributed by atoms with E-state index in [-0.39, 0.29) is 5.91 Å². The normalized spacial score (nSPS) is 10.9. The van der Waals surface area contributed by atoms with Gasteiger partial charge in [0.05, 0.1) is 17.1 Å². The quantitative estimate of drug-likeness (QED) is 0.559. The summed E-state index contributed by atoms with van der Waals surface area (Å²) in [5, 5.41) is 13.8. The van der Waals surface area contributed by atoms with Gasteiger partial charge in [-0.25, -0.2) is 4.68 Å². The van der Waals surface area contributed by atoms with E-state index in [0.717, 1.165) is 22.0 Å². The van der Waals surface area contributed by atoms with Crippen LogP contribution in [-0.4, -0.2) is 32.0 Å². The molecule has 0 aliphatic rings. The SMILES string of the molecule is Cc1cc(-c2cccs2)nn1CCNC(=O)c1cccc(-n2cccn2)c1. The summed E-state index contributed by atoms with van der Waals surface area (Å²) in [7, 11) is 0. The largest absolute Gasteiger partial charge is 0.350 e. The average Bonchev–Trinajstić information content (AvgIpc) is 3.44. The lowest BCUT2D eigenvalue weighted by Gasteiger charge is -2.08. The Hall–Kier alpha value is -3.19. The molecule has 1 amide bonds. The fourth-order valence-corrected chi connectivity index (χ4v) is 3.55. The highest BCUT2D eigenvalue weighted by atomic mass is 32.1. The minimum absolute atomic E-state index is 0.104. The molecule has 3 heterocycles. The van der Waals surface area contributed by atoms with Crippen LogP contribution in [0.3, 0.4) is 0 Å². The first-order chi connectivity index (χ1) is 13.2. The van der Waals surface area contributed by atoms with Crippen molar-refractivity contribution >= 4 is 17.2 Å². The third-order valence-corrected chi connectivity index (χ3v) is 5.13. The Morgan fingerprint density at radius 1 is 1.19 bits per heavy atom. The lowest BCUT2D eigenvalue weighted by atomic mass is 10.2. The van der Waals surface area contributed by atoms with Gasteiger partial charge in [-0.1, -0.05) is 12.1 Å². The Morgan fingerprint density at radius 2 is 2.11 bits per heavy atom. The summed E-state index contributed by atoms with van der Waals surface area (Å²) in [5.41, 5.74) is 3.52. The fourth-order valence-electron chi connectivity index (χ4n) is 2.87. The molecule has 136 valence electrons. The molecule has 0 atom stereocenters. The van der Waals surface area contributed by atoms with Crippen LogP contribution >= 0.6 is 11.3 Å². The van der Waals surface area contributed by atoms with Crippen molar-refractivity contribution in [2.24, 2.45) is 0 Å². The Balaban J connectivity index is 1.38. The zero-order valence-electron chi connectivity index (χ0n) is 14.9. The van der Waals surface area contributed by atoms with Gasteiger partial charge in [-0.15, -0.1) is 11.3 Å². The second-order valence-corrected chi connectivity index (χ2v) is 7.08. The van der Waals surface area contributed by atoms with Crippen LogP contribution in [0.15, 0.2) is 66.3 Å². The van der Waals surface area contributed by atoms with Crippen molar-refractivity contribution in [3.63, 3.8) is 0 Å². The molecule has 0 fully saturated rings. The molecule has 4 aromatic rings. The molecule has 0 aliphatic heterocycles. The van der Waals surface area contributed by atoms with Crippen molar-refractivity contribution in [2.45, 2.75) is 13.5 Å². The van der Waals surface area contributed by atoms with Crippen molar-refractivity contribution < 1.29 is 4.79 Å². The van der Waals surface area contributed by atoms with E-state index in [9.17, 15) is 4.79 Å². The molecule has 6 nitrogen and oxygen atoms in total. The summed E-state index contributed by atoms with van der Waals surface area (Å²) in [6, 6.07) is 15.4. The van der Waals surface area contributed by atoms with Crippen LogP contribution in [0, 0.1) is 6.92 Å². The molecule has 0 radical (unpaired) electrons. The van der Waals surface area contributed by atoms with E-state index in [1.54, 1.807) is 28.3 Å². The van der Waals surface area contributed by atoms with E-state index in [1.807, 2.05) is 53.5 Å². The smallest absolute Gasteiger partial charge is 0.251 e. The standard InChI is InChI=1S/C20H19N5OS/c1-15-13-18(19-7-3-12-27-19)23-24(15)11-9-21-20(26)16-5-2-6-17(14-16)25-10-4-8-22-25/h2-8,10,12-14H,9,11H2,1H3,(H,21,26). The molecule has 0 saturated heterocycles. The zero-order chi connectivity index (χ0) is 18.6. The maximum atomic E-state index is 12.5. The van der Waals surface area contributed by atoms with Gasteiger partial charge in [0.2, 0.25) is 0 Å². The summed E-state index contributed by atoms with van der Waals surface area (Å²) in [6.07, 6.45) is 3.56. The number of aromatic nitrogens is 4. The highest BCUT2D eigenvalue weighted by Gasteiger charge is 2.09. The van der Waals surface area contributed by atoms with Gasteiger partial charge in [-0.3, -0.25) is 9.48 Å². The molecule has 3 aromatic heterocycles. The van der Waals surface area contributed by atoms with Crippen LogP contribution < -0.4 is 5.32 Å². The van der Waals surface area contributed by atoms with Crippen LogP contribution in [0.1, 0.15) is 16.1 Å². The third-order valence-electron chi connectivity index (χ3n) is 4.24. The summed E-state index contributed by atoms with van der Waals surface area (Å²) in [4.78, 5) is 13.6. The van der Waals surface area contributed by atoms with Gasteiger partial charge in [0.25, 0.3) is 5.91 Å². The number of nitrogens with zero attached hydrogens (tertiary/aromatic N) is 4. The minimum atomic E-state index is -0.104. The third kappa shape index (κ3) is 3.83. The van der Waals surface area contributed by atoms with E-state index >= 15 is 0 Å². The summed E-state index contributed by atoms with van der Waals surface area (Å²) in [5.74, 6) is -0.104. The molecule has 0 spiro atoms. The van der Waals surface area contributed by atoms with Crippen LogP contribution in [0.25, 0.3) is 16.3 Å². The Labute approximate surface area is 161 Å². The molecule has 27 heavy (non-hydrogen) atoms. The van der Waals surface area contributed by atoms with Crippen molar-refractivity contribution in [2.75, 3.05) is 6.54 Å². The maximum Gasteiger partial charge on any atom is 0.251 e. The number of carbonyl (C=O) groups excluding carboxylic acids is 1. The number of carbonyl (C=O) groups is 1. The first-order valence-electron chi connectivity index (χ1n) is 8.67. The van der Waals surface area contributed by atoms with Gasteiger partial charge >= 0.3 is 0 Å². The molecular weight excluding hydrogens is 358 g/mol. The number of benzene rings is 1. The molecule has 0 saturated carbocycles. The molecule has 0 bridgehead atoms. The Morgan fingerprint density at radius 3 is 2.89 bits per heavy atom. The second kappa shape index (κ2) is 7.59. The second-order valence-electron chi connectivity index (χ2n) is 6.13. The summed E-state index contributed by atoms with van der Waals surface area (Å²) < 4.78 is 3.66. The Kier molecular flexibility index (Phi) is 4.84. The van der Waals surface area contributed by atoms with Crippen molar-refractivity contribution in [1.29, 1.82) is 0 Å². The molecule has 7 heteroatoms. The Bertz CT molecular complexity index is 1030. The van der Waals surface area contributed by atoms with Gasteiger partial charge in [0.15, 0.2) is 0 Å². The van der Waals surface area contributed by atoms with Gasteiger partial charge in [-0.05, 0) is 48.7 Å². The molecule has 0 aliphatic carbocycles. The monoisotopic (exact) mass is 377 g/mol. The van der Waals surface area contributed by atoms with Gasteiger partial charge in [-0.2, -0.15) is 10.2 Å². The lowest BCUT2D eigenvalue weighted by Crippen LogP contribution is -2.27. The fraction of sp³-hybridized carbons (Fsp3) is 0.150. The topological polar surface area (TPSA) is 64.7 Å². The van der Waals surface area contributed by atoms with Crippen molar-refractivity contribution in [1.82, 2.24) is 24.9 Å². The number of amides is 1. The van der Waals surface area contributed by atoms with Crippen LogP contribution in [-0.2, 0) is 6.54 Å². The number of aryl methyl sites for hydroxylation is 1. The van der Waals surface area contributed by atoms with E-state index < -0.39 is 0 Å². The highest BCUT2D eigenvalue weighted by molar-refractivity contribution is 7.13. The maximum absolute atomic E-state index is 12.5. The number of nitrogens with one attached hydrogen (secondary N) is 1. The first-order valence-corrected chi connectivity index (χ1v) is 9.55. The molecule has 1 aromatic carbocycles. The number of hydrogen-bond acceptors (Lipinski definition) is 4. The predicted octanol–water partition coefficient (Wildman–Crippen LogP) is 3.54. The van der Waals surface area contributed by atoms with Crippen molar-refractivity contribution in [3.05, 3.63) is 77.6 Å². The van der Waals surface area contributed by atoms with Gasteiger partial charge < -0.3 is 5.32 Å². The molecule has 0 unspecified atom stereocenters. The van der Waals surface area contributed by atoms with Crippen molar-refractivity contribution in [3.8, 4) is 16.3 Å². The van der Waals surface area contributed by atoms with E-state index in [4.69, 9.17) is 0 Å². The van der Waals surface area contributed by atoms with E-state index in [1.165, 1.54) is 0 Å². The van der Waals surface area contributed by atoms with Gasteiger partial charge in [0, 0.05) is 30.2 Å². The number of hydrogen-bond donors (Lipinski definition) is 1. The van der Waals surface area contributed by atoms with Crippen LogP contribution in [0.2, 0.25) is 0 Å². The number of rotatable bonds is 6. The number of thiophene rings is 1. The van der Waals surface area contributed by atoms with E-state index in [0.29, 0.717) is 18.7 Å². The summed E-state index contributed by atoms with van der Waals surface area (Å²) >= 11 is 1.67. The highest BCUT2D eigenvalue weighted by Crippen LogP contribution is 2.23. The van der Waals surface area contributed by atoms with Crippen LogP contribution in [0.4, 0.5) is 0 Å². The average molecular weight is 377 g/mol. The summed E-state index contributed by atoms with van der Waals surface area (Å²) in [6.45, 7) is 3.17. The molecule has 4 rings (SSSR count). The minimum Gasteiger partial charge on any atom is -0.350 e. The van der Waals surface area contributed by atoms with E-state index in [2.05, 4.69) is 27.6 Å².